The molecule has 1 aliphatic heterocycles. The van der Waals surface area contributed by atoms with Gasteiger partial charge in [-0.1, -0.05) is 35.3 Å². The fourth-order valence-electron chi connectivity index (χ4n) is 3.39. The van der Waals surface area contributed by atoms with Gasteiger partial charge in [0.15, 0.2) is 5.75 Å². The van der Waals surface area contributed by atoms with Crippen LogP contribution in [0.25, 0.3) is 6.08 Å². The van der Waals surface area contributed by atoms with Crippen LogP contribution in [0.4, 0.5) is 10.5 Å². The lowest BCUT2D eigenvalue weighted by Crippen LogP contribution is -2.30. The summed E-state index contributed by atoms with van der Waals surface area (Å²) in [6.07, 6.45) is 1.30. The van der Waals surface area contributed by atoms with Crippen LogP contribution in [0, 0.1) is 10.1 Å². The van der Waals surface area contributed by atoms with E-state index in [4.69, 9.17) is 32.4 Å². The van der Waals surface area contributed by atoms with Crippen molar-refractivity contribution in [1.82, 2.24) is 10.2 Å². The van der Waals surface area contributed by atoms with Crippen LogP contribution in [-0.2, 0) is 22.7 Å². The first-order valence-electron chi connectivity index (χ1n) is 10.5. The number of nitrogens with one attached hydrogen (secondary N) is 1. The fraction of sp³-hybridized carbons (Fsp3) is 0.125. The van der Waals surface area contributed by atoms with Gasteiger partial charge in [-0.2, -0.15) is 0 Å². The van der Waals surface area contributed by atoms with Crippen molar-refractivity contribution in [3.8, 4) is 5.75 Å². The standard InChI is InChI=1S/C24H17Cl2N3O8/c1-35-23(31)21-7-5-16(37-21)11-28-22(30)18(27-24(28)32)8-13-2-6-20(19(9-13)29(33)34)36-12-14-3-4-15(25)10-17(14)26/h2-10H,11-12H2,1H3,(H,27,32)/b18-8-. The lowest BCUT2D eigenvalue weighted by atomic mass is 10.1. The number of hydrogen-bond donors (Lipinski definition) is 1. The molecule has 190 valence electrons. The zero-order valence-electron chi connectivity index (χ0n) is 19.0. The maximum atomic E-state index is 12.8. The van der Waals surface area contributed by atoms with Crippen LogP contribution in [0.15, 0.2) is 58.6 Å². The molecule has 0 saturated carbocycles. The zero-order valence-corrected chi connectivity index (χ0v) is 20.5. The van der Waals surface area contributed by atoms with Crippen LogP contribution in [-0.4, -0.2) is 34.8 Å². The molecule has 0 unspecified atom stereocenters. The van der Waals surface area contributed by atoms with E-state index in [0.29, 0.717) is 15.6 Å². The predicted octanol–water partition coefficient (Wildman–Crippen LogP) is 4.95. The number of ether oxygens (including phenoxy) is 2. The van der Waals surface area contributed by atoms with Crippen LogP contribution in [0.2, 0.25) is 10.0 Å². The summed E-state index contributed by atoms with van der Waals surface area (Å²) in [6, 6.07) is 11.0. The van der Waals surface area contributed by atoms with Crippen molar-refractivity contribution in [2.75, 3.05) is 7.11 Å². The molecule has 3 amide bonds. The van der Waals surface area contributed by atoms with Gasteiger partial charge in [-0.3, -0.25) is 19.8 Å². The molecule has 3 aromatic rings. The lowest BCUT2D eigenvalue weighted by molar-refractivity contribution is -0.386. The van der Waals surface area contributed by atoms with Crippen LogP contribution in [0.1, 0.15) is 27.4 Å². The predicted molar refractivity (Wildman–Crippen MR) is 131 cm³/mol. The van der Waals surface area contributed by atoms with Crippen molar-refractivity contribution in [2.24, 2.45) is 0 Å². The van der Waals surface area contributed by atoms with E-state index in [1.165, 1.54) is 49.6 Å². The fourth-order valence-corrected chi connectivity index (χ4v) is 3.86. The van der Waals surface area contributed by atoms with Crippen LogP contribution >= 0.6 is 23.2 Å². The van der Waals surface area contributed by atoms with E-state index in [1.54, 1.807) is 12.1 Å². The molecule has 0 atom stereocenters. The SMILES string of the molecule is COC(=O)c1ccc(CN2C(=O)N/C(=C\c3ccc(OCc4ccc(Cl)cc4Cl)c([N+](=O)[O-])c3)C2=O)o1. The minimum absolute atomic E-state index is 0.0131. The molecule has 0 aliphatic carbocycles. The Balaban J connectivity index is 1.50. The number of imide groups is 1. The number of rotatable bonds is 8. The number of nitrogens with zero attached hydrogens (tertiary/aromatic N) is 2. The Kier molecular flexibility index (Phi) is 7.46. The molecule has 13 heteroatoms. The van der Waals surface area contributed by atoms with Crippen LogP contribution in [0.5, 0.6) is 5.75 Å². The summed E-state index contributed by atoms with van der Waals surface area (Å²) in [6.45, 7) is -0.273. The van der Waals surface area contributed by atoms with Crippen molar-refractivity contribution >= 4 is 52.9 Å². The highest BCUT2D eigenvalue weighted by atomic mass is 35.5. The van der Waals surface area contributed by atoms with Crippen LogP contribution < -0.4 is 10.1 Å². The summed E-state index contributed by atoms with van der Waals surface area (Å²) in [7, 11) is 1.19. The number of carbonyl (C=O) groups excluding carboxylic acids is 3. The molecule has 0 spiro atoms. The number of urea groups is 1. The van der Waals surface area contributed by atoms with Gasteiger partial charge in [0.1, 0.15) is 18.1 Å². The number of carbonyl (C=O) groups is 3. The van der Waals surface area contributed by atoms with Gasteiger partial charge >= 0.3 is 17.7 Å². The summed E-state index contributed by atoms with van der Waals surface area (Å²) in [5.74, 6) is -1.28. The first kappa shape index (κ1) is 25.7. The van der Waals surface area contributed by atoms with E-state index < -0.39 is 22.8 Å². The maximum absolute atomic E-state index is 12.8. The summed E-state index contributed by atoms with van der Waals surface area (Å²) >= 11 is 12.0. The van der Waals surface area contributed by atoms with Gasteiger partial charge < -0.3 is 19.2 Å². The molecule has 0 radical (unpaired) electrons. The number of esters is 1. The highest BCUT2D eigenvalue weighted by Crippen LogP contribution is 2.31. The van der Waals surface area contributed by atoms with Crippen molar-refractivity contribution in [3.05, 3.63) is 97.0 Å². The zero-order chi connectivity index (χ0) is 26.7. The third-order valence-electron chi connectivity index (χ3n) is 5.21. The second-order valence-corrected chi connectivity index (χ2v) is 8.49. The molecule has 1 saturated heterocycles. The topological polar surface area (TPSA) is 141 Å². The second-order valence-electron chi connectivity index (χ2n) is 7.65. The van der Waals surface area contributed by atoms with Crippen molar-refractivity contribution in [2.45, 2.75) is 13.2 Å². The molecule has 4 rings (SSSR count). The smallest absolute Gasteiger partial charge is 0.373 e. The number of methoxy groups -OCH3 is 1. The molecule has 2 heterocycles. The average Bonchev–Trinajstić information content (AvgIpc) is 3.44. The number of hydrogen-bond acceptors (Lipinski definition) is 8. The Morgan fingerprint density at radius 1 is 1.16 bits per heavy atom. The number of nitro benzene ring substituents is 1. The first-order valence-corrected chi connectivity index (χ1v) is 11.3. The van der Waals surface area contributed by atoms with E-state index in [2.05, 4.69) is 10.1 Å². The number of furan rings is 1. The van der Waals surface area contributed by atoms with E-state index in [0.717, 1.165) is 4.90 Å². The summed E-state index contributed by atoms with van der Waals surface area (Å²) in [4.78, 5) is 48.6. The number of nitro groups is 1. The third kappa shape index (κ3) is 5.74. The molecule has 1 aliphatic rings. The molecule has 1 N–H and O–H groups in total. The average molecular weight is 546 g/mol. The van der Waals surface area contributed by atoms with Crippen molar-refractivity contribution < 1.29 is 33.2 Å². The first-order chi connectivity index (χ1) is 17.7. The normalized spacial score (nSPS) is 14.1. The highest BCUT2D eigenvalue weighted by Gasteiger charge is 2.34. The maximum Gasteiger partial charge on any atom is 0.373 e. The molecular weight excluding hydrogens is 529 g/mol. The minimum atomic E-state index is -0.721. The van der Waals surface area contributed by atoms with Gasteiger partial charge in [-0.25, -0.2) is 9.59 Å². The molecule has 2 aromatic carbocycles. The van der Waals surface area contributed by atoms with E-state index >= 15 is 0 Å². The number of benzene rings is 2. The second kappa shape index (κ2) is 10.7. The quantitative estimate of drug-likeness (QED) is 0.138. The largest absolute Gasteiger partial charge is 0.482 e. The number of amides is 3. The Bertz CT molecular complexity index is 1450. The molecular formula is C24H17Cl2N3O8. The summed E-state index contributed by atoms with van der Waals surface area (Å²) in [5, 5.41) is 14.9. The van der Waals surface area contributed by atoms with Gasteiger partial charge in [0, 0.05) is 21.7 Å². The Hall–Kier alpha value is -4.35. The Labute approximate surface area is 219 Å². The third-order valence-corrected chi connectivity index (χ3v) is 5.80. The number of halogens is 2. The molecule has 37 heavy (non-hydrogen) atoms. The monoisotopic (exact) mass is 545 g/mol. The van der Waals surface area contributed by atoms with Gasteiger partial charge in [-0.15, -0.1) is 0 Å². The van der Waals surface area contributed by atoms with E-state index in [9.17, 15) is 24.5 Å². The van der Waals surface area contributed by atoms with Gasteiger partial charge in [0.2, 0.25) is 5.76 Å². The summed E-state index contributed by atoms with van der Waals surface area (Å²) < 4.78 is 15.5. The Morgan fingerprint density at radius 3 is 2.65 bits per heavy atom. The summed E-state index contributed by atoms with van der Waals surface area (Å²) in [5.41, 5.74) is 0.417. The molecule has 1 aromatic heterocycles. The molecule has 11 nitrogen and oxygen atoms in total. The van der Waals surface area contributed by atoms with Gasteiger partial charge in [0.05, 0.1) is 18.6 Å². The van der Waals surface area contributed by atoms with E-state index in [-0.39, 0.29) is 47.4 Å². The van der Waals surface area contributed by atoms with Crippen molar-refractivity contribution in [1.29, 1.82) is 0 Å². The lowest BCUT2D eigenvalue weighted by Gasteiger charge is -2.09. The molecule has 1 fully saturated rings. The van der Waals surface area contributed by atoms with Crippen LogP contribution in [0.3, 0.4) is 0 Å². The van der Waals surface area contributed by atoms with Crippen molar-refractivity contribution in [3.63, 3.8) is 0 Å². The highest BCUT2D eigenvalue weighted by molar-refractivity contribution is 6.35. The Morgan fingerprint density at radius 2 is 1.95 bits per heavy atom. The van der Waals surface area contributed by atoms with Gasteiger partial charge in [0.25, 0.3) is 5.91 Å². The van der Waals surface area contributed by atoms with E-state index in [1.807, 2.05) is 0 Å². The molecule has 0 bridgehead atoms. The van der Waals surface area contributed by atoms with Gasteiger partial charge in [-0.05, 0) is 42.0 Å². The minimum Gasteiger partial charge on any atom is -0.482 e.